The average molecular weight is 522 g/mol. The summed E-state index contributed by atoms with van der Waals surface area (Å²) in [4.78, 5) is 18.6. The molecule has 0 aliphatic carbocycles. The number of anilines is 1. The highest BCUT2D eigenvalue weighted by Crippen LogP contribution is 2.42. The van der Waals surface area contributed by atoms with Crippen molar-refractivity contribution >= 4 is 44.9 Å². The number of nitrogens with two attached hydrogens (primary N) is 1. The fourth-order valence-electron chi connectivity index (χ4n) is 4.00. The molecule has 0 amide bonds. The molecule has 10 heteroatoms. The van der Waals surface area contributed by atoms with Crippen LogP contribution in [-0.4, -0.2) is 26.9 Å². The van der Waals surface area contributed by atoms with Crippen LogP contribution in [0.1, 0.15) is 36.7 Å². The average Bonchev–Trinajstić information content (AvgIpc) is 2.98. The first kappa shape index (κ1) is 25.3. The normalized spacial score (nSPS) is 15.8. The number of aryl methyl sites for hydroxylation is 1. The quantitative estimate of drug-likeness (QED) is 0.408. The summed E-state index contributed by atoms with van der Waals surface area (Å²) < 4.78 is 40.6. The molecule has 184 valence electrons. The third-order valence-electron chi connectivity index (χ3n) is 5.98. The Hall–Kier alpha value is -2.75. The Morgan fingerprint density at radius 3 is 2.54 bits per heavy atom. The molecule has 35 heavy (non-hydrogen) atoms. The number of alkyl halides is 3. The van der Waals surface area contributed by atoms with Gasteiger partial charge < -0.3 is 10.8 Å². The zero-order valence-corrected chi connectivity index (χ0v) is 20.6. The molecule has 5 nitrogen and oxygen atoms in total. The van der Waals surface area contributed by atoms with Crippen LogP contribution in [0.25, 0.3) is 15.8 Å². The highest BCUT2D eigenvalue weighted by molar-refractivity contribution is 8.11. The van der Waals surface area contributed by atoms with E-state index in [1.54, 1.807) is 35.8 Å². The van der Waals surface area contributed by atoms with E-state index >= 15 is 0 Å². The molecule has 1 aromatic heterocycles. The van der Waals surface area contributed by atoms with Gasteiger partial charge in [0.25, 0.3) is 5.56 Å². The molecule has 2 heterocycles. The van der Waals surface area contributed by atoms with Crippen molar-refractivity contribution in [3.63, 3.8) is 0 Å². The minimum absolute atomic E-state index is 0.0866. The molecule has 3 N–H and O–H groups in total. The van der Waals surface area contributed by atoms with E-state index in [0.717, 1.165) is 22.9 Å². The molecule has 4 rings (SSSR count). The number of aliphatic hydroxyl groups excluding tert-OH is 1. The first-order valence-electron chi connectivity index (χ1n) is 10.8. The summed E-state index contributed by atoms with van der Waals surface area (Å²) in [6.07, 6.45) is -6.79. The van der Waals surface area contributed by atoms with Crippen LogP contribution in [0.5, 0.6) is 0 Å². The Kier molecular flexibility index (Phi) is 7.04. The summed E-state index contributed by atoms with van der Waals surface area (Å²) in [6.45, 7) is 3.89. The summed E-state index contributed by atoms with van der Waals surface area (Å²) in [5.74, 6) is 0.517. The number of nitrogen functional groups attached to an aromatic ring is 1. The molecule has 1 atom stereocenters. The SMILES string of the molecule is CC1=C(c2cc3nc(C)n(Cc4ccc(Cl)cc4)c(=O)c3cc2N)SC=C(C(O)C(F)(F)F)CC1. The van der Waals surface area contributed by atoms with E-state index in [2.05, 4.69) is 4.98 Å². The number of hydrogen-bond acceptors (Lipinski definition) is 5. The molecule has 3 aromatic rings. The maximum Gasteiger partial charge on any atom is 0.418 e. The number of rotatable bonds is 4. The Labute approximate surface area is 209 Å². The van der Waals surface area contributed by atoms with Crippen molar-refractivity contribution in [1.82, 2.24) is 9.55 Å². The van der Waals surface area contributed by atoms with E-state index in [1.807, 2.05) is 19.1 Å². The van der Waals surface area contributed by atoms with E-state index < -0.39 is 12.3 Å². The van der Waals surface area contributed by atoms with Gasteiger partial charge in [-0.1, -0.05) is 41.1 Å². The number of nitrogens with zero attached hydrogens (tertiary/aromatic N) is 2. The topological polar surface area (TPSA) is 81.1 Å². The molecule has 0 radical (unpaired) electrons. The van der Waals surface area contributed by atoms with Crippen molar-refractivity contribution in [3.05, 3.63) is 85.3 Å². The van der Waals surface area contributed by atoms with Crippen LogP contribution >= 0.6 is 23.4 Å². The largest absolute Gasteiger partial charge is 0.418 e. The molecule has 1 aliphatic rings. The number of aromatic nitrogens is 2. The Balaban J connectivity index is 1.73. The van der Waals surface area contributed by atoms with Gasteiger partial charge in [-0.25, -0.2) is 4.98 Å². The first-order valence-corrected chi connectivity index (χ1v) is 12.1. The number of thioether (sulfide) groups is 1. The van der Waals surface area contributed by atoms with E-state index in [9.17, 15) is 23.1 Å². The van der Waals surface area contributed by atoms with Gasteiger partial charge in [0, 0.05) is 21.2 Å². The summed E-state index contributed by atoms with van der Waals surface area (Å²) in [7, 11) is 0. The Morgan fingerprint density at radius 1 is 1.20 bits per heavy atom. The number of aliphatic hydroxyl groups is 1. The van der Waals surface area contributed by atoms with Gasteiger partial charge in [-0.2, -0.15) is 13.2 Å². The summed E-state index contributed by atoms with van der Waals surface area (Å²) in [5.41, 5.74) is 9.12. The molecule has 0 saturated carbocycles. The molecule has 2 aromatic carbocycles. The molecule has 1 aliphatic heterocycles. The van der Waals surface area contributed by atoms with Crippen LogP contribution in [0.15, 0.2) is 57.7 Å². The van der Waals surface area contributed by atoms with Crippen LogP contribution in [-0.2, 0) is 6.54 Å². The monoisotopic (exact) mass is 521 g/mol. The van der Waals surface area contributed by atoms with Gasteiger partial charge in [-0.05, 0) is 67.5 Å². The first-order chi connectivity index (χ1) is 16.5. The van der Waals surface area contributed by atoms with Gasteiger partial charge >= 0.3 is 6.18 Å². The van der Waals surface area contributed by atoms with Gasteiger partial charge in [0.1, 0.15) is 5.82 Å². The lowest BCUT2D eigenvalue weighted by molar-refractivity contribution is -0.191. The van der Waals surface area contributed by atoms with Crippen LogP contribution in [0.3, 0.4) is 0 Å². The third-order valence-corrected chi connectivity index (χ3v) is 7.46. The Bertz CT molecular complexity index is 1410. The van der Waals surface area contributed by atoms with E-state index in [1.165, 1.54) is 5.41 Å². The van der Waals surface area contributed by atoms with Crippen molar-refractivity contribution in [2.75, 3.05) is 5.73 Å². The molecule has 0 fully saturated rings. The number of allylic oxidation sites excluding steroid dienone is 1. The predicted molar refractivity (Wildman–Crippen MR) is 135 cm³/mol. The van der Waals surface area contributed by atoms with Crippen LogP contribution in [0.2, 0.25) is 5.02 Å². The second-order valence-electron chi connectivity index (χ2n) is 8.50. The summed E-state index contributed by atoms with van der Waals surface area (Å²) >= 11 is 7.04. The molecule has 0 saturated heterocycles. The van der Waals surface area contributed by atoms with Crippen LogP contribution in [0, 0.1) is 6.92 Å². The van der Waals surface area contributed by atoms with Gasteiger partial charge in [-0.3, -0.25) is 9.36 Å². The second-order valence-corrected chi connectivity index (χ2v) is 9.81. The van der Waals surface area contributed by atoms with Gasteiger partial charge in [-0.15, -0.1) is 0 Å². The van der Waals surface area contributed by atoms with Crippen molar-refractivity contribution in [3.8, 4) is 0 Å². The van der Waals surface area contributed by atoms with E-state index in [4.69, 9.17) is 17.3 Å². The van der Waals surface area contributed by atoms with Crippen molar-refractivity contribution < 1.29 is 18.3 Å². The number of halogens is 4. The molecule has 0 spiro atoms. The van der Waals surface area contributed by atoms with Gasteiger partial charge in [0.2, 0.25) is 0 Å². The van der Waals surface area contributed by atoms with E-state index in [-0.39, 0.29) is 17.6 Å². The molecular formula is C25H23ClF3N3O2S. The predicted octanol–water partition coefficient (Wildman–Crippen LogP) is 6.05. The zero-order chi connectivity index (χ0) is 25.5. The number of benzene rings is 2. The third kappa shape index (κ3) is 5.27. The molecule has 0 bridgehead atoms. The molecular weight excluding hydrogens is 499 g/mol. The van der Waals surface area contributed by atoms with Crippen molar-refractivity contribution in [1.29, 1.82) is 0 Å². The standard InChI is InChI=1S/C25H23ClF3N3O2S/c1-13-3-6-16(23(33)25(27,28)29)12-35-22(13)18-10-21-19(9-20(18)30)24(34)32(14(2)31-21)11-15-4-7-17(26)8-5-15/h4-5,7-10,12,23,33H,3,6,11,30H2,1-2H3. The smallest absolute Gasteiger partial charge is 0.398 e. The maximum absolute atomic E-state index is 13.3. The summed E-state index contributed by atoms with van der Waals surface area (Å²) in [5, 5.41) is 12.0. The Morgan fingerprint density at radius 2 is 1.89 bits per heavy atom. The fourth-order valence-corrected chi connectivity index (χ4v) is 5.24. The molecule has 1 unspecified atom stereocenters. The van der Waals surface area contributed by atoms with Crippen molar-refractivity contribution in [2.24, 2.45) is 0 Å². The highest BCUT2D eigenvalue weighted by atomic mass is 35.5. The highest BCUT2D eigenvalue weighted by Gasteiger charge is 2.40. The number of hydrogen-bond donors (Lipinski definition) is 2. The lowest BCUT2D eigenvalue weighted by Crippen LogP contribution is -2.30. The lowest BCUT2D eigenvalue weighted by Gasteiger charge is -2.17. The maximum atomic E-state index is 13.3. The van der Waals surface area contributed by atoms with Crippen LogP contribution < -0.4 is 11.3 Å². The minimum Gasteiger partial charge on any atom is -0.398 e. The van der Waals surface area contributed by atoms with Gasteiger partial charge in [0.15, 0.2) is 6.10 Å². The van der Waals surface area contributed by atoms with E-state index in [0.29, 0.717) is 50.9 Å². The summed E-state index contributed by atoms with van der Waals surface area (Å²) in [6, 6.07) is 10.5. The van der Waals surface area contributed by atoms with Crippen LogP contribution in [0.4, 0.5) is 18.9 Å². The lowest BCUT2D eigenvalue weighted by atomic mass is 10.00. The van der Waals surface area contributed by atoms with Gasteiger partial charge in [0.05, 0.1) is 17.4 Å². The number of fused-ring (bicyclic) bond motifs is 1. The second kappa shape index (κ2) is 9.72. The minimum atomic E-state index is -4.72. The zero-order valence-electron chi connectivity index (χ0n) is 19.0. The van der Waals surface area contributed by atoms with Crippen molar-refractivity contribution in [2.45, 2.75) is 45.5 Å². The fraction of sp³-hybridized carbons (Fsp3) is 0.280.